The van der Waals surface area contributed by atoms with E-state index in [0.717, 1.165) is 5.69 Å². The number of aromatic nitrogens is 5. The Kier molecular flexibility index (Phi) is 3.23. The molecule has 0 saturated carbocycles. The van der Waals surface area contributed by atoms with Crippen molar-refractivity contribution in [3.8, 4) is 0 Å². The van der Waals surface area contributed by atoms with Crippen LogP contribution in [0.1, 0.15) is 22.1 Å². The third-order valence-corrected chi connectivity index (χ3v) is 3.33. The smallest absolute Gasteiger partial charge is 0.257 e. The topological polar surface area (TPSA) is 78.1 Å². The highest BCUT2D eigenvalue weighted by Crippen LogP contribution is 2.22. The summed E-state index contributed by atoms with van der Waals surface area (Å²) in [5.41, 5.74) is 1.41. The maximum absolute atomic E-state index is 12.1. The van der Waals surface area contributed by atoms with Gasteiger partial charge in [-0.05, 0) is 0 Å². The summed E-state index contributed by atoms with van der Waals surface area (Å²) < 4.78 is 8.42. The van der Waals surface area contributed by atoms with Crippen LogP contribution in [-0.4, -0.2) is 55.8 Å². The minimum Gasteiger partial charge on any atom is -0.378 e. The van der Waals surface area contributed by atoms with E-state index in [9.17, 15) is 4.79 Å². The average molecular weight is 276 g/mol. The first kappa shape index (κ1) is 12.8. The monoisotopic (exact) mass is 276 g/mol. The van der Waals surface area contributed by atoms with E-state index in [1.807, 2.05) is 6.20 Å². The highest BCUT2D eigenvalue weighted by atomic mass is 16.5. The maximum atomic E-state index is 12.1. The van der Waals surface area contributed by atoms with E-state index >= 15 is 0 Å². The van der Waals surface area contributed by atoms with Gasteiger partial charge in [-0.15, -0.1) is 5.10 Å². The van der Waals surface area contributed by atoms with Gasteiger partial charge in [-0.3, -0.25) is 9.48 Å². The lowest BCUT2D eigenvalue weighted by Crippen LogP contribution is -2.50. The Morgan fingerprint density at radius 1 is 1.45 bits per heavy atom. The van der Waals surface area contributed by atoms with Crippen molar-refractivity contribution < 1.29 is 9.53 Å². The van der Waals surface area contributed by atoms with Crippen molar-refractivity contribution in [2.45, 2.75) is 12.6 Å². The van der Waals surface area contributed by atoms with E-state index in [-0.39, 0.29) is 11.9 Å². The Hall–Kier alpha value is -2.22. The molecule has 0 spiro atoms. The molecular weight excluding hydrogens is 260 g/mol. The first-order valence-corrected chi connectivity index (χ1v) is 6.35. The van der Waals surface area contributed by atoms with Crippen LogP contribution in [0.3, 0.4) is 0 Å². The molecule has 8 nitrogen and oxygen atoms in total. The lowest BCUT2D eigenvalue weighted by atomic mass is 10.1. The second-order valence-electron chi connectivity index (χ2n) is 4.89. The summed E-state index contributed by atoms with van der Waals surface area (Å²) in [6.45, 7) is 1.73. The highest BCUT2D eigenvalue weighted by Gasteiger charge is 2.33. The predicted octanol–water partition coefficient (Wildman–Crippen LogP) is -0.145. The zero-order valence-electron chi connectivity index (χ0n) is 11.4. The molecule has 2 aromatic rings. The lowest BCUT2D eigenvalue weighted by molar-refractivity contribution is 0.0498. The zero-order valence-corrected chi connectivity index (χ0v) is 11.4. The Balaban J connectivity index is 1.59. The summed E-state index contributed by atoms with van der Waals surface area (Å²) in [6, 6.07) is 0.189. The fourth-order valence-corrected chi connectivity index (χ4v) is 2.21. The number of hydrogen-bond acceptors (Lipinski definition) is 5. The number of amides is 1. The normalized spacial score (nSPS) is 15.4. The number of rotatable bonds is 4. The quantitative estimate of drug-likeness (QED) is 0.776. The van der Waals surface area contributed by atoms with Gasteiger partial charge in [0.05, 0.1) is 30.6 Å². The molecule has 20 heavy (non-hydrogen) atoms. The second-order valence-corrected chi connectivity index (χ2v) is 4.89. The van der Waals surface area contributed by atoms with Gasteiger partial charge in [-0.25, -0.2) is 4.68 Å². The van der Waals surface area contributed by atoms with E-state index < -0.39 is 0 Å². The maximum Gasteiger partial charge on any atom is 0.257 e. The van der Waals surface area contributed by atoms with Crippen LogP contribution in [0.5, 0.6) is 0 Å². The van der Waals surface area contributed by atoms with E-state index in [0.29, 0.717) is 25.3 Å². The molecule has 1 amide bonds. The van der Waals surface area contributed by atoms with Crippen molar-refractivity contribution in [1.82, 2.24) is 29.7 Å². The molecule has 0 unspecified atom stereocenters. The third kappa shape index (κ3) is 2.29. The average Bonchev–Trinajstić information content (AvgIpc) is 2.97. The molecule has 2 aromatic heterocycles. The minimum absolute atomic E-state index is 0.00609. The van der Waals surface area contributed by atoms with E-state index in [1.165, 1.54) is 0 Å². The molecule has 0 radical (unpaired) electrons. The fourth-order valence-electron chi connectivity index (χ4n) is 2.21. The van der Waals surface area contributed by atoms with Crippen molar-refractivity contribution in [2.75, 3.05) is 20.2 Å². The summed E-state index contributed by atoms with van der Waals surface area (Å²) >= 11 is 0. The molecule has 0 aliphatic carbocycles. The molecule has 1 fully saturated rings. The molecule has 3 rings (SSSR count). The minimum atomic E-state index is 0.00609. The molecule has 0 N–H and O–H groups in total. The molecule has 0 atom stereocenters. The van der Waals surface area contributed by atoms with E-state index in [4.69, 9.17) is 4.74 Å². The number of aryl methyl sites for hydroxylation is 1. The molecule has 1 aliphatic heterocycles. The van der Waals surface area contributed by atoms with Crippen molar-refractivity contribution in [2.24, 2.45) is 7.05 Å². The van der Waals surface area contributed by atoms with Gasteiger partial charge < -0.3 is 9.64 Å². The van der Waals surface area contributed by atoms with Crippen LogP contribution in [0.4, 0.5) is 0 Å². The summed E-state index contributed by atoms with van der Waals surface area (Å²) in [5.74, 6) is 0.00609. The summed E-state index contributed by atoms with van der Waals surface area (Å²) in [7, 11) is 3.42. The number of nitrogens with zero attached hydrogens (tertiary/aromatic N) is 6. The van der Waals surface area contributed by atoms with Gasteiger partial charge in [-0.1, -0.05) is 5.21 Å². The summed E-state index contributed by atoms with van der Waals surface area (Å²) in [5, 5.41) is 12.1. The van der Waals surface area contributed by atoms with E-state index in [1.54, 1.807) is 40.8 Å². The SMILES string of the molecule is COCc1cn(C2CN(C(=O)c3cnn(C)c3)C2)nn1. The molecule has 106 valence electrons. The van der Waals surface area contributed by atoms with Crippen LogP contribution in [-0.2, 0) is 18.4 Å². The third-order valence-electron chi connectivity index (χ3n) is 3.33. The number of hydrogen-bond donors (Lipinski definition) is 0. The van der Waals surface area contributed by atoms with Crippen LogP contribution in [0.25, 0.3) is 0 Å². The molecule has 0 bridgehead atoms. The Bertz CT molecular complexity index is 613. The first-order chi connectivity index (χ1) is 9.67. The van der Waals surface area contributed by atoms with Crippen LogP contribution >= 0.6 is 0 Å². The number of ether oxygens (including phenoxy) is 1. The van der Waals surface area contributed by atoms with Gasteiger partial charge >= 0.3 is 0 Å². The van der Waals surface area contributed by atoms with Gasteiger partial charge in [0, 0.05) is 33.4 Å². The second kappa shape index (κ2) is 5.04. The molecule has 1 saturated heterocycles. The predicted molar refractivity (Wildman–Crippen MR) is 68.9 cm³/mol. The van der Waals surface area contributed by atoms with E-state index in [2.05, 4.69) is 15.4 Å². The molecule has 3 heterocycles. The fraction of sp³-hybridized carbons (Fsp3) is 0.500. The van der Waals surface area contributed by atoms with Gasteiger partial charge in [-0.2, -0.15) is 5.10 Å². The highest BCUT2D eigenvalue weighted by molar-refractivity contribution is 5.94. The zero-order chi connectivity index (χ0) is 14.1. The number of carbonyl (C=O) groups excluding carboxylic acids is 1. The molecule has 0 aromatic carbocycles. The number of likely N-dealkylation sites (tertiary alicyclic amines) is 1. The molecule has 1 aliphatic rings. The van der Waals surface area contributed by atoms with Crippen molar-refractivity contribution in [3.63, 3.8) is 0 Å². The van der Waals surface area contributed by atoms with Gasteiger partial charge in [0.25, 0.3) is 5.91 Å². The lowest BCUT2D eigenvalue weighted by Gasteiger charge is -2.38. The Labute approximate surface area is 115 Å². The van der Waals surface area contributed by atoms with Crippen LogP contribution < -0.4 is 0 Å². The van der Waals surface area contributed by atoms with Gasteiger partial charge in [0.2, 0.25) is 0 Å². The van der Waals surface area contributed by atoms with Gasteiger partial charge in [0.1, 0.15) is 5.69 Å². The van der Waals surface area contributed by atoms with Crippen molar-refractivity contribution in [3.05, 3.63) is 29.8 Å². The Morgan fingerprint density at radius 3 is 2.90 bits per heavy atom. The standard InChI is InChI=1S/C12H16N6O2/c1-16-4-9(3-13-16)12(19)17-6-11(7-17)18-5-10(8-20-2)14-15-18/h3-5,11H,6-8H2,1-2H3. The van der Waals surface area contributed by atoms with Crippen LogP contribution in [0, 0.1) is 0 Å². The summed E-state index contributed by atoms with van der Waals surface area (Å²) in [4.78, 5) is 13.9. The number of methoxy groups -OCH3 is 1. The van der Waals surface area contributed by atoms with Crippen LogP contribution in [0.15, 0.2) is 18.6 Å². The largest absolute Gasteiger partial charge is 0.378 e. The Morgan fingerprint density at radius 2 is 2.25 bits per heavy atom. The van der Waals surface area contributed by atoms with Crippen molar-refractivity contribution >= 4 is 5.91 Å². The summed E-state index contributed by atoms with van der Waals surface area (Å²) in [6.07, 6.45) is 5.17. The number of carbonyl (C=O) groups is 1. The van der Waals surface area contributed by atoms with Crippen molar-refractivity contribution in [1.29, 1.82) is 0 Å². The molecule has 8 heteroatoms. The first-order valence-electron chi connectivity index (χ1n) is 6.35. The molecular formula is C12H16N6O2. The van der Waals surface area contributed by atoms with Gasteiger partial charge in [0.15, 0.2) is 0 Å². The van der Waals surface area contributed by atoms with Crippen LogP contribution in [0.2, 0.25) is 0 Å².